The summed E-state index contributed by atoms with van der Waals surface area (Å²) < 4.78 is 11.5. The molecule has 1 aliphatic heterocycles. The van der Waals surface area contributed by atoms with E-state index in [1.54, 1.807) is 6.26 Å². The van der Waals surface area contributed by atoms with Gasteiger partial charge in [0, 0.05) is 19.6 Å². The molecule has 2 heterocycles. The molecule has 1 aromatic rings. The van der Waals surface area contributed by atoms with Gasteiger partial charge in [-0.05, 0) is 63.0 Å². The summed E-state index contributed by atoms with van der Waals surface area (Å²) >= 11 is 0. The van der Waals surface area contributed by atoms with Crippen molar-refractivity contribution in [2.24, 2.45) is 11.3 Å². The van der Waals surface area contributed by atoms with Crippen LogP contribution in [-0.2, 0) is 16.1 Å². The van der Waals surface area contributed by atoms with Crippen LogP contribution < -0.4 is 0 Å². The molecular weight excluding hydrogens is 326 g/mol. The maximum atomic E-state index is 12.5. The minimum atomic E-state index is -0.0736. The molecule has 148 valence electrons. The summed E-state index contributed by atoms with van der Waals surface area (Å²) in [4.78, 5) is 14.4. The van der Waals surface area contributed by atoms with Crippen molar-refractivity contribution in [1.82, 2.24) is 4.90 Å². The molecule has 0 aliphatic carbocycles. The van der Waals surface area contributed by atoms with Gasteiger partial charge < -0.3 is 14.1 Å². The molecular formula is C22H37NO3. The SMILES string of the molecule is CCC(=O)N(CCC1(CCC(C)C)CCOC(C)(C)C1)Cc1ccco1. The molecule has 2 rings (SSSR count). The zero-order chi connectivity index (χ0) is 19.2. The molecule has 1 amide bonds. The lowest BCUT2D eigenvalue weighted by Gasteiger charge is -2.46. The lowest BCUT2D eigenvalue weighted by atomic mass is 9.68. The topological polar surface area (TPSA) is 42.7 Å². The van der Waals surface area contributed by atoms with E-state index in [-0.39, 0.29) is 16.9 Å². The van der Waals surface area contributed by atoms with Gasteiger partial charge in [0.2, 0.25) is 5.91 Å². The zero-order valence-electron chi connectivity index (χ0n) is 17.3. The van der Waals surface area contributed by atoms with E-state index in [1.165, 1.54) is 12.8 Å². The number of ether oxygens (including phenoxy) is 1. The van der Waals surface area contributed by atoms with Gasteiger partial charge in [-0.25, -0.2) is 0 Å². The Morgan fingerprint density at radius 2 is 2.08 bits per heavy atom. The minimum absolute atomic E-state index is 0.0736. The first-order valence-corrected chi connectivity index (χ1v) is 10.2. The highest BCUT2D eigenvalue weighted by Crippen LogP contribution is 2.45. The van der Waals surface area contributed by atoms with Gasteiger partial charge in [-0.3, -0.25) is 4.79 Å². The minimum Gasteiger partial charge on any atom is -0.467 e. The third-order valence-corrected chi connectivity index (χ3v) is 5.67. The Morgan fingerprint density at radius 1 is 1.31 bits per heavy atom. The van der Waals surface area contributed by atoms with Gasteiger partial charge in [-0.15, -0.1) is 0 Å². The molecule has 1 fully saturated rings. The van der Waals surface area contributed by atoms with Crippen LogP contribution in [0.4, 0.5) is 0 Å². The van der Waals surface area contributed by atoms with Gasteiger partial charge in [0.1, 0.15) is 5.76 Å². The van der Waals surface area contributed by atoms with E-state index >= 15 is 0 Å². The van der Waals surface area contributed by atoms with Gasteiger partial charge in [0.15, 0.2) is 0 Å². The number of nitrogens with zero attached hydrogens (tertiary/aromatic N) is 1. The second-order valence-electron chi connectivity index (χ2n) is 8.97. The summed E-state index contributed by atoms with van der Waals surface area (Å²) in [5.41, 5.74) is 0.192. The van der Waals surface area contributed by atoms with Crippen LogP contribution in [0.2, 0.25) is 0 Å². The van der Waals surface area contributed by atoms with E-state index in [0.29, 0.717) is 18.9 Å². The molecule has 0 saturated carbocycles. The standard InChI is InChI=1S/C22H37NO3/c1-6-20(24)23(16-19-8-7-14-25-19)13-11-22(10-9-18(2)3)12-15-26-21(4,5)17-22/h7-8,14,18H,6,9-13,15-17H2,1-5H3. The second-order valence-corrected chi connectivity index (χ2v) is 8.97. The van der Waals surface area contributed by atoms with E-state index in [0.717, 1.165) is 38.2 Å². The summed E-state index contributed by atoms with van der Waals surface area (Å²) in [5.74, 6) is 1.76. The number of rotatable bonds is 9. The molecule has 1 unspecified atom stereocenters. The predicted octanol–water partition coefficient (Wildman–Crippen LogP) is 5.42. The number of carbonyl (C=O) groups is 1. The Bertz CT molecular complexity index is 550. The van der Waals surface area contributed by atoms with E-state index in [2.05, 4.69) is 27.7 Å². The van der Waals surface area contributed by atoms with Crippen molar-refractivity contribution in [3.8, 4) is 0 Å². The van der Waals surface area contributed by atoms with Crippen molar-refractivity contribution in [3.63, 3.8) is 0 Å². The molecule has 1 atom stereocenters. The van der Waals surface area contributed by atoms with Crippen molar-refractivity contribution >= 4 is 5.91 Å². The third kappa shape index (κ3) is 6.15. The molecule has 0 aromatic carbocycles. The van der Waals surface area contributed by atoms with Crippen LogP contribution >= 0.6 is 0 Å². The summed E-state index contributed by atoms with van der Waals surface area (Å²) in [6, 6.07) is 3.83. The Labute approximate surface area is 159 Å². The van der Waals surface area contributed by atoms with Crippen LogP contribution in [0, 0.1) is 11.3 Å². The number of amides is 1. The van der Waals surface area contributed by atoms with Crippen LogP contribution in [0.25, 0.3) is 0 Å². The monoisotopic (exact) mass is 363 g/mol. The van der Waals surface area contributed by atoms with Gasteiger partial charge in [-0.1, -0.05) is 27.2 Å². The molecule has 1 aliphatic rings. The number of hydrogen-bond acceptors (Lipinski definition) is 3. The van der Waals surface area contributed by atoms with Crippen molar-refractivity contribution in [1.29, 1.82) is 0 Å². The quantitative estimate of drug-likeness (QED) is 0.588. The Hall–Kier alpha value is -1.29. The predicted molar refractivity (Wildman–Crippen MR) is 105 cm³/mol. The molecule has 4 heteroatoms. The maximum Gasteiger partial charge on any atom is 0.222 e. The fraction of sp³-hybridized carbons (Fsp3) is 0.773. The molecule has 0 bridgehead atoms. The molecule has 1 saturated heterocycles. The molecule has 0 spiro atoms. The van der Waals surface area contributed by atoms with Crippen molar-refractivity contribution < 1.29 is 13.9 Å². The largest absolute Gasteiger partial charge is 0.467 e. The lowest BCUT2D eigenvalue weighted by molar-refractivity contribution is -0.134. The molecule has 0 radical (unpaired) electrons. The van der Waals surface area contributed by atoms with Gasteiger partial charge >= 0.3 is 0 Å². The van der Waals surface area contributed by atoms with Crippen molar-refractivity contribution in [2.45, 2.75) is 85.3 Å². The zero-order valence-corrected chi connectivity index (χ0v) is 17.3. The van der Waals surface area contributed by atoms with Crippen molar-refractivity contribution in [3.05, 3.63) is 24.2 Å². The Kier molecular flexibility index (Phi) is 7.33. The van der Waals surface area contributed by atoms with Crippen LogP contribution in [0.3, 0.4) is 0 Å². The first-order valence-electron chi connectivity index (χ1n) is 10.2. The average Bonchev–Trinajstić information content (AvgIpc) is 3.08. The first kappa shape index (κ1) is 21.0. The Balaban J connectivity index is 2.08. The third-order valence-electron chi connectivity index (χ3n) is 5.67. The van der Waals surface area contributed by atoms with Gasteiger partial charge in [0.25, 0.3) is 0 Å². The number of carbonyl (C=O) groups excluding carboxylic acids is 1. The lowest BCUT2D eigenvalue weighted by Crippen LogP contribution is -2.43. The fourth-order valence-corrected chi connectivity index (χ4v) is 4.21. The molecule has 4 nitrogen and oxygen atoms in total. The summed E-state index contributed by atoms with van der Waals surface area (Å²) in [6.45, 7) is 13.1. The number of furan rings is 1. The maximum absolute atomic E-state index is 12.5. The smallest absolute Gasteiger partial charge is 0.222 e. The van der Waals surface area contributed by atoms with Crippen LogP contribution in [-0.4, -0.2) is 29.6 Å². The summed E-state index contributed by atoms with van der Waals surface area (Å²) in [5, 5.41) is 0. The Morgan fingerprint density at radius 3 is 2.65 bits per heavy atom. The van der Waals surface area contributed by atoms with Crippen molar-refractivity contribution in [2.75, 3.05) is 13.2 Å². The second kappa shape index (κ2) is 9.07. The highest BCUT2D eigenvalue weighted by molar-refractivity contribution is 5.75. The van der Waals surface area contributed by atoms with Gasteiger partial charge in [-0.2, -0.15) is 0 Å². The van der Waals surface area contributed by atoms with Crippen LogP contribution in [0.5, 0.6) is 0 Å². The van der Waals surface area contributed by atoms with Crippen LogP contribution in [0.1, 0.15) is 78.9 Å². The fourth-order valence-electron chi connectivity index (χ4n) is 4.21. The van der Waals surface area contributed by atoms with E-state index in [1.807, 2.05) is 24.0 Å². The average molecular weight is 364 g/mol. The van der Waals surface area contributed by atoms with Gasteiger partial charge in [0.05, 0.1) is 18.4 Å². The highest BCUT2D eigenvalue weighted by Gasteiger charge is 2.40. The summed E-state index contributed by atoms with van der Waals surface area (Å²) in [7, 11) is 0. The number of hydrogen-bond donors (Lipinski definition) is 0. The van der Waals surface area contributed by atoms with Crippen LogP contribution in [0.15, 0.2) is 22.8 Å². The normalized spacial score (nSPS) is 22.5. The first-order chi connectivity index (χ1) is 12.3. The molecule has 0 N–H and O–H groups in total. The molecule has 26 heavy (non-hydrogen) atoms. The summed E-state index contributed by atoms with van der Waals surface area (Å²) in [6.07, 6.45) is 7.87. The van der Waals surface area contributed by atoms with E-state index in [4.69, 9.17) is 9.15 Å². The van der Waals surface area contributed by atoms with E-state index in [9.17, 15) is 4.79 Å². The highest BCUT2D eigenvalue weighted by atomic mass is 16.5. The molecule has 1 aromatic heterocycles. The van der Waals surface area contributed by atoms with E-state index < -0.39 is 0 Å².